The molecule has 0 saturated carbocycles. The van der Waals surface area contributed by atoms with E-state index in [1.54, 1.807) is 11.3 Å². The molecule has 1 N–H and O–H groups in total. The zero-order valence-electron chi connectivity index (χ0n) is 10.6. The van der Waals surface area contributed by atoms with E-state index in [1.165, 1.54) is 10.4 Å². The standard InChI is InChI=1S/C14H19NOS/c1-4-7-15-14(12-8-11(3)17-9-12)13-6-5-10(2)16-13/h5-6,8-9,14-15H,4,7H2,1-3H3. The van der Waals surface area contributed by atoms with Gasteiger partial charge in [0.15, 0.2) is 0 Å². The maximum Gasteiger partial charge on any atom is 0.125 e. The molecule has 0 amide bonds. The quantitative estimate of drug-likeness (QED) is 0.865. The average Bonchev–Trinajstić information content (AvgIpc) is 2.89. The van der Waals surface area contributed by atoms with Crippen LogP contribution in [0.15, 0.2) is 28.0 Å². The lowest BCUT2D eigenvalue weighted by atomic mass is 10.1. The van der Waals surface area contributed by atoms with E-state index in [0.29, 0.717) is 0 Å². The fraction of sp³-hybridized carbons (Fsp3) is 0.429. The topological polar surface area (TPSA) is 25.2 Å². The number of thiophene rings is 1. The van der Waals surface area contributed by atoms with Crippen molar-refractivity contribution in [2.75, 3.05) is 6.54 Å². The third-order valence-corrected chi connectivity index (χ3v) is 3.61. The van der Waals surface area contributed by atoms with Crippen LogP contribution in [0.25, 0.3) is 0 Å². The minimum absolute atomic E-state index is 0.189. The molecule has 0 aliphatic rings. The second-order valence-corrected chi connectivity index (χ2v) is 5.44. The van der Waals surface area contributed by atoms with Crippen LogP contribution >= 0.6 is 11.3 Å². The second kappa shape index (κ2) is 5.52. The van der Waals surface area contributed by atoms with E-state index in [9.17, 15) is 0 Å². The molecule has 2 nitrogen and oxygen atoms in total. The first-order valence-electron chi connectivity index (χ1n) is 6.05. The Hall–Kier alpha value is -1.06. The van der Waals surface area contributed by atoms with Crippen molar-refractivity contribution in [2.45, 2.75) is 33.2 Å². The molecule has 0 aromatic carbocycles. The number of hydrogen-bond donors (Lipinski definition) is 1. The largest absolute Gasteiger partial charge is 0.464 e. The Labute approximate surface area is 107 Å². The number of nitrogens with one attached hydrogen (secondary N) is 1. The molecule has 0 aliphatic heterocycles. The summed E-state index contributed by atoms with van der Waals surface area (Å²) in [6.07, 6.45) is 1.12. The summed E-state index contributed by atoms with van der Waals surface area (Å²) in [5, 5.41) is 5.75. The van der Waals surface area contributed by atoms with E-state index in [2.05, 4.69) is 36.7 Å². The highest BCUT2D eigenvalue weighted by Crippen LogP contribution is 2.27. The van der Waals surface area contributed by atoms with Gasteiger partial charge in [-0.15, -0.1) is 11.3 Å². The molecule has 1 atom stereocenters. The van der Waals surface area contributed by atoms with Gasteiger partial charge in [-0.25, -0.2) is 0 Å². The first kappa shape index (κ1) is 12.4. The zero-order valence-corrected chi connectivity index (χ0v) is 11.4. The van der Waals surface area contributed by atoms with Gasteiger partial charge in [0.05, 0.1) is 6.04 Å². The van der Waals surface area contributed by atoms with Gasteiger partial charge in [-0.1, -0.05) is 6.92 Å². The predicted molar refractivity (Wildman–Crippen MR) is 72.6 cm³/mol. The van der Waals surface area contributed by atoms with Crippen LogP contribution in [0.2, 0.25) is 0 Å². The van der Waals surface area contributed by atoms with Crippen molar-refractivity contribution >= 4 is 11.3 Å². The minimum Gasteiger partial charge on any atom is -0.464 e. The summed E-state index contributed by atoms with van der Waals surface area (Å²) in [5.41, 5.74) is 1.30. The Bertz CT molecular complexity index is 432. The first-order chi connectivity index (χ1) is 8.20. The summed E-state index contributed by atoms with van der Waals surface area (Å²) in [4.78, 5) is 1.34. The minimum atomic E-state index is 0.189. The molecular formula is C14H19NOS. The number of hydrogen-bond acceptors (Lipinski definition) is 3. The molecule has 1 unspecified atom stereocenters. The molecule has 2 aromatic rings. The molecule has 0 saturated heterocycles. The molecule has 3 heteroatoms. The SMILES string of the molecule is CCCNC(c1csc(C)c1)c1ccc(C)o1. The second-order valence-electron chi connectivity index (χ2n) is 4.33. The normalized spacial score (nSPS) is 12.9. The summed E-state index contributed by atoms with van der Waals surface area (Å²) in [6, 6.07) is 6.51. The van der Waals surface area contributed by atoms with Crippen LogP contribution in [0, 0.1) is 13.8 Å². The summed E-state index contributed by atoms with van der Waals surface area (Å²) in [5.74, 6) is 1.98. The lowest BCUT2D eigenvalue weighted by Gasteiger charge is -2.15. The molecule has 2 rings (SSSR count). The molecule has 0 radical (unpaired) electrons. The van der Waals surface area contributed by atoms with Gasteiger partial charge in [0.25, 0.3) is 0 Å². The Kier molecular flexibility index (Phi) is 4.02. The maximum atomic E-state index is 5.75. The zero-order chi connectivity index (χ0) is 12.3. The lowest BCUT2D eigenvalue weighted by molar-refractivity contribution is 0.431. The smallest absolute Gasteiger partial charge is 0.125 e. The van der Waals surface area contributed by atoms with Crippen molar-refractivity contribution in [3.63, 3.8) is 0 Å². The molecule has 17 heavy (non-hydrogen) atoms. The van der Waals surface area contributed by atoms with Gasteiger partial charge in [0.1, 0.15) is 11.5 Å². The van der Waals surface area contributed by atoms with Crippen molar-refractivity contribution in [3.8, 4) is 0 Å². The van der Waals surface area contributed by atoms with Gasteiger partial charge >= 0.3 is 0 Å². The summed E-state index contributed by atoms with van der Waals surface area (Å²) in [7, 11) is 0. The van der Waals surface area contributed by atoms with Crippen LogP contribution in [-0.2, 0) is 0 Å². The van der Waals surface area contributed by atoms with E-state index >= 15 is 0 Å². The van der Waals surface area contributed by atoms with Gasteiger partial charge in [0, 0.05) is 4.88 Å². The fourth-order valence-electron chi connectivity index (χ4n) is 1.90. The van der Waals surface area contributed by atoms with E-state index in [1.807, 2.05) is 13.0 Å². The van der Waals surface area contributed by atoms with E-state index < -0.39 is 0 Å². The first-order valence-corrected chi connectivity index (χ1v) is 6.93. The third kappa shape index (κ3) is 2.99. The molecule has 92 valence electrons. The van der Waals surface area contributed by atoms with Crippen molar-refractivity contribution in [1.29, 1.82) is 0 Å². The van der Waals surface area contributed by atoms with E-state index in [0.717, 1.165) is 24.5 Å². The Morgan fingerprint density at radius 2 is 2.18 bits per heavy atom. The summed E-state index contributed by atoms with van der Waals surface area (Å²) in [6.45, 7) is 7.30. The van der Waals surface area contributed by atoms with Crippen LogP contribution in [0.3, 0.4) is 0 Å². The number of aryl methyl sites for hydroxylation is 2. The molecule has 2 heterocycles. The van der Waals surface area contributed by atoms with Gasteiger partial charge in [0.2, 0.25) is 0 Å². The Morgan fingerprint density at radius 1 is 1.35 bits per heavy atom. The van der Waals surface area contributed by atoms with E-state index in [-0.39, 0.29) is 6.04 Å². The molecule has 2 aromatic heterocycles. The highest BCUT2D eigenvalue weighted by molar-refractivity contribution is 7.10. The summed E-state index contributed by atoms with van der Waals surface area (Å²) < 4.78 is 5.75. The van der Waals surface area contributed by atoms with Gasteiger partial charge in [-0.3, -0.25) is 0 Å². The molecule has 0 fully saturated rings. The van der Waals surface area contributed by atoms with Crippen LogP contribution < -0.4 is 5.32 Å². The molecule has 0 aliphatic carbocycles. The van der Waals surface area contributed by atoms with Crippen molar-refractivity contribution in [3.05, 3.63) is 45.5 Å². The average molecular weight is 249 g/mol. The highest BCUT2D eigenvalue weighted by Gasteiger charge is 2.17. The molecular weight excluding hydrogens is 230 g/mol. The molecule has 0 spiro atoms. The summed E-state index contributed by atoms with van der Waals surface area (Å²) >= 11 is 1.79. The van der Waals surface area contributed by atoms with Crippen LogP contribution in [0.5, 0.6) is 0 Å². The lowest BCUT2D eigenvalue weighted by Crippen LogP contribution is -2.22. The fourth-order valence-corrected chi connectivity index (χ4v) is 2.63. The number of rotatable bonds is 5. The van der Waals surface area contributed by atoms with Crippen LogP contribution in [0.4, 0.5) is 0 Å². The monoisotopic (exact) mass is 249 g/mol. The Morgan fingerprint density at radius 3 is 2.71 bits per heavy atom. The number of furan rings is 1. The van der Waals surface area contributed by atoms with E-state index in [4.69, 9.17) is 4.42 Å². The van der Waals surface area contributed by atoms with Gasteiger partial charge in [-0.2, -0.15) is 0 Å². The van der Waals surface area contributed by atoms with Crippen molar-refractivity contribution in [1.82, 2.24) is 5.32 Å². The Balaban J connectivity index is 2.24. The van der Waals surface area contributed by atoms with Gasteiger partial charge < -0.3 is 9.73 Å². The third-order valence-electron chi connectivity index (χ3n) is 2.73. The van der Waals surface area contributed by atoms with Crippen LogP contribution in [-0.4, -0.2) is 6.54 Å². The van der Waals surface area contributed by atoms with Gasteiger partial charge in [-0.05, 0) is 56.0 Å². The maximum absolute atomic E-state index is 5.75. The molecule has 0 bridgehead atoms. The van der Waals surface area contributed by atoms with Crippen LogP contribution in [0.1, 0.15) is 41.3 Å². The highest BCUT2D eigenvalue weighted by atomic mass is 32.1. The predicted octanol–water partition coefficient (Wildman–Crippen LogP) is 4.05. The van der Waals surface area contributed by atoms with Crippen molar-refractivity contribution < 1.29 is 4.42 Å². The van der Waals surface area contributed by atoms with Crippen molar-refractivity contribution in [2.24, 2.45) is 0 Å².